The molecule has 0 aliphatic heterocycles. The van der Waals surface area contributed by atoms with Gasteiger partial charge < -0.3 is 15.3 Å². The third-order valence-corrected chi connectivity index (χ3v) is 5.93. The highest BCUT2D eigenvalue weighted by Crippen LogP contribution is 2.51. The summed E-state index contributed by atoms with van der Waals surface area (Å²) in [7, 11) is 0. The van der Waals surface area contributed by atoms with Crippen molar-refractivity contribution in [1.82, 2.24) is 15.3 Å². The number of H-pyrrole nitrogens is 2. The van der Waals surface area contributed by atoms with Crippen molar-refractivity contribution in [3.8, 4) is 0 Å². The van der Waals surface area contributed by atoms with Gasteiger partial charge in [0.25, 0.3) is 0 Å². The quantitative estimate of drug-likeness (QED) is 0.489. The molecular formula is C23H23N3O. The fourth-order valence-electron chi connectivity index (χ4n) is 4.41. The Morgan fingerprint density at radius 1 is 1.04 bits per heavy atom. The predicted molar refractivity (Wildman–Crippen MR) is 109 cm³/mol. The molecule has 4 nitrogen and oxygen atoms in total. The number of nitrogens with one attached hydrogen (secondary N) is 3. The van der Waals surface area contributed by atoms with Gasteiger partial charge in [-0.3, -0.25) is 4.79 Å². The lowest BCUT2D eigenvalue weighted by Crippen LogP contribution is -2.33. The molecule has 2 aromatic heterocycles. The molecule has 27 heavy (non-hydrogen) atoms. The van der Waals surface area contributed by atoms with Crippen LogP contribution in [0.2, 0.25) is 0 Å². The Hall–Kier alpha value is -3.01. The molecule has 1 fully saturated rings. The molecule has 2 aromatic carbocycles. The number of hydrogen-bond acceptors (Lipinski definition) is 1. The lowest BCUT2D eigenvalue weighted by Gasteiger charge is -2.17. The molecule has 0 radical (unpaired) electrons. The molecule has 0 saturated heterocycles. The highest BCUT2D eigenvalue weighted by molar-refractivity contribution is 5.89. The van der Waals surface area contributed by atoms with Crippen molar-refractivity contribution in [1.29, 1.82) is 0 Å². The smallest absolute Gasteiger partial charge is 0.224 e. The molecule has 0 atom stereocenters. The van der Waals surface area contributed by atoms with Crippen LogP contribution in [0.3, 0.4) is 0 Å². The predicted octanol–water partition coefficient (Wildman–Crippen LogP) is 4.35. The van der Waals surface area contributed by atoms with Gasteiger partial charge in [0.1, 0.15) is 0 Å². The Morgan fingerprint density at radius 2 is 1.74 bits per heavy atom. The number of carbonyl (C=O) groups excluding carboxylic acids is 1. The molecule has 0 spiro atoms. The summed E-state index contributed by atoms with van der Waals surface area (Å²) in [6, 6.07) is 16.6. The average molecular weight is 357 g/mol. The fourth-order valence-corrected chi connectivity index (χ4v) is 4.41. The van der Waals surface area contributed by atoms with Gasteiger partial charge in [-0.15, -0.1) is 0 Å². The zero-order valence-corrected chi connectivity index (χ0v) is 15.4. The first-order chi connectivity index (χ1) is 13.2. The van der Waals surface area contributed by atoms with Gasteiger partial charge in [0.2, 0.25) is 5.91 Å². The van der Waals surface area contributed by atoms with E-state index in [1.807, 2.05) is 24.4 Å². The first kappa shape index (κ1) is 16.2. The van der Waals surface area contributed by atoms with Gasteiger partial charge in [0.15, 0.2) is 0 Å². The second-order valence-electron chi connectivity index (χ2n) is 7.76. The number of rotatable bonds is 5. The van der Waals surface area contributed by atoms with E-state index in [0.717, 1.165) is 29.3 Å². The van der Waals surface area contributed by atoms with Crippen molar-refractivity contribution in [2.75, 3.05) is 6.54 Å². The van der Waals surface area contributed by atoms with E-state index in [9.17, 15) is 4.79 Å². The number of carbonyl (C=O) groups is 1. The Morgan fingerprint density at radius 3 is 2.52 bits per heavy atom. The maximum absolute atomic E-state index is 12.6. The van der Waals surface area contributed by atoms with Crippen LogP contribution in [0.5, 0.6) is 0 Å². The van der Waals surface area contributed by atoms with E-state index in [-0.39, 0.29) is 11.3 Å². The molecule has 4 aromatic rings. The van der Waals surface area contributed by atoms with Crippen LogP contribution in [0, 0.1) is 6.92 Å². The van der Waals surface area contributed by atoms with Crippen LogP contribution in [0.25, 0.3) is 21.8 Å². The van der Waals surface area contributed by atoms with Gasteiger partial charge in [-0.05, 0) is 43.0 Å². The highest BCUT2D eigenvalue weighted by atomic mass is 16.1. The van der Waals surface area contributed by atoms with Crippen molar-refractivity contribution in [2.45, 2.75) is 31.6 Å². The summed E-state index contributed by atoms with van der Waals surface area (Å²) in [5.74, 6) is 0.0866. The van der Waals surface area contributed by atoms with Gasteiger partial charge in [0, 0.05) is 45.7 Å². The third kappa shape index (κ3) is 2.72. The molecule has 1 aliphatic rings. The molecule has 3 N–H and O–H groups in total. The number of fused-ring (bicyclic) bond motifs is 2. The fraction of sp³-hybridized carbons (Fsp3) is 0.261. The van der Waals surface area contributed by atoms with Gasteiger partial charge >= 0.3 is 0 Å². The van der Waals surface area contributed by atoms with Crippen LogP contribution in [-0.2, 0) is 16.6 Å². The molecule has 4 heteroatoms. The first-order valence-electron chi connectivity index (χ1n) is 9.56. The van der Waals surface area contributed by atoms with Gasteiger partial charge in [-0.25, -0.2) is 0 Å². The number of para-hydroxylation sites is 2. The normalized spacial score (nSPS) is 15.3. The molecule has 136 valence electrons. The van der Waals surface area contributed by atoms with E-state index in [0.29, 0.717) is 13.0 Å². The third-order valence-electron chi connectivity index (χ3n) is 5.93. The van der Waals surface area contributed by atoms with Crippen molar-refractivity contribution < 1.29 is 4.79 Å². The van der Waals surface area contributed by atoms with Gasteiger partial charge in [-0.1, -0.05) is 36.4 Å². The SMILES string of the molecule is Cc1[nH]c2ccccc2c1C1(CNC(=O)Cc2c[nH]c3ccccc23)CC1. The summed E-state index contributed by atoms with van der Waals surface area (Å²) in [5.41, 5.74) is 6.00. The molecule has 5 rings (SSSR count). The minimum Gasteiger partial charge on any atom is -0.361 e. The van der Waals surface area contributed by atoms with Crippen molar-refractivity contribution in [3.05, 3.63) is 71.5 Å². The van der Waals surface area contributed by atoms with Gasteiger partial charge in [0.05, 0.1) is 6.42 Å². The second kappa shape index (κ2) is 6.02. The zero-order valence-electron chi connectivity index (χ0n) is 15.4. The lowest BCUT2D eigenvalue weighted by molar-refractivity contribution is -0.120. The van der Waals surface area contributed by atoms with Crippen LogP contribution >= 0.6 is 0 Å². The van der Waals surface area contributed by atoms with Crippen LogP contribution in [0.15, 0.2) is 54.7 Å². The monoisotopic (exact) mass is 357 g/mol. The Kier molecular flexibility index (Phi) is 3.61. The minimum absolute atomic E-state index is 0.0829. The molecule has 0 unspecified atom stereocenters. The van der Waals surface area contributed by atoms with E-state index in [1.165, 1.54) is 22.2 Å². The lowest BCUT2D eigenvalue weighted by atomic mass is 9.93. The van der Waals surface area contributed by atoms with E-state index in [4.69, 9.17) is 0 Å². The summed E-state index contributed by atoms with van der Waals surface area (Å²) >= 11 is 0. The van der Waals surface area contributed by atoms with Crippen LogP contribution in [-0.4, -0.2) is 22.4 Å². The summed E-state index contributed by atoms with van der Waals surface area (Å²) < 4.78 is 0. The standard InChI is InChI=1S/C23H23N3O/c1-15-22(18-7-3-5-9-20(18)26-15)23(10-11-23)14-25-21(27)12-16-13-24-19-8-4-2-6-17(16)19/h2-9,13,24,26H,10-12,14H2,1H3,(H,25,27). The Labute approximate surface area is 158 Å². The molecule has 1 amide bonds. The second-order valence-corrected chi connectivity index (χ2v) is 7.76. The number of amides is 1. The molecule has 1 aliphatic carbocycles. The van der Waals surface area contributed by atoms with Crippen LogP contribution in [0.1, 0.15) is 29.7 Å². The van der Waals surface area contributed by atoms with E-state index < -0.39 is 0 Å². The molecule has 1 saturated carbocycles. The summed E-state index contributed by atoms with van der Waals surface area (Å²) in [6.07, 6.45) is 4.61. The maximum atomic E-state index is 12.6. The van der Waals surface area contributed by atoms with Crippen LogP contribution in [0.4, 0.5) is 0 Å². The van der Waals surface area contributed by atoms with E-state index in [2.05, 4.69) is 52.5 Å². The van der Waals surface area contributed by atoms with Crippen molar-refractivity contribution >= 4 is 27.7 Å². The number of aromatic amines is 2. The topological polar surface area (TPSA) is 60.7 Å². The highest BCUT2D eigenvalue weighted by Gasteiger charge is 2.46. The van der Waals surface area contributed by atoms with Gasteiger partial charge in [-0.2, -0.15) is 0 Å². The number of aryl methyl sites for hydroxylation is 1. The van der Waals surface area contributed by atoms with E-state index in [1.54, 1.807) is 0 Å². The average Bonchev–Trinajstić information content (AvgIpc) is 3.22. The maximum Gasteiger partial charge on any atom is 0.224 e. The zero-order chi connectivity index (χ0) is 18.4. The molecule has 2 heterocycles. The first-order valence-corrected chi connectivity index (χ1v) is 9.56. The van der Waals surface area contributed by atoms with Crippen molar-refractivity contribution in [3.63, 3.8) is 0 Å². The number of hydrogen-bond donors (Lipinski definition) is 3. The Bertz CT molecular complexity index is 1150. The van der Waals surface area contributed by atoms with E-state index >= 15 is 0 Å². The molecular weight excluding hydrogens is 334 g/mol. The van der Waals surface area contributed by atoms with Crippen molar-refractivity contribution in [2.24, 2.45) is 0 Å². The largest absolute Gasteiger partial charge is 0.361 e. The molecule has 0 bridgehead atoms. The van der Waals surface area contributed by atoms with Crippen LogP contribution < -0.4 is 5.32 Å². The summed E-state index contributed by atoms with van der Waals surface area (Å²) in [5, 5.41) is 5.62. The number of aromatic nitrogens is 2. The summed E-state index contributed by atoms with van der Waals surface area (Å²) in [6.45, 7) is 2.85. The Balaban J connectivity index is 1.33. The number of benzene rings is 2. The summed E-state index contributed by atoms with van der Waals surface area (Å²) in [4.78, 5) is 19.4. The minimum atomic E-state index is 0.0829.